The minimum Gasteiger partial charge on any atom is -0.416 e. The van der Waals surface area contributed by atoms with Gasteiger partial charge in [0, 0.05) is 4.47 Å². The summed E-state index contributed by atoms with van der Waals surface area (Å²) in [7, 11) is 0. The van der Waals surface area contributed by atoms with Crippen molar-refractivity contribution in [3.63, 3.8) is 0 Å². The van der Waals surface area contributed by atoms with Crippen LogP contribution in [-0.4, -0.2) is 12.1 Å². The lowest BCUT2D eigenvalue weighted by Crippen LogP contribution is -2.22. The molecule has 0 saturated carbocycles. The summed E-state index contributed by atoms with van der Waals surface area (Å²) < 4.78 is 84.0. The summed E-state index contributed by atoms with van der Waals surface area (Å²) in [6.45, 7) is 0. The number of alkyl halides is 6. The average Bonchev–Trinajstić information content (AvgIpc) is 2.61. The molecule has 146 valence electrons. The van der Waals surface area contributed by atoms with Gasteiger partial charge in [0.1, 0.15) is 11.6 Å². The van der Waals surface area contributed by atoms with Gasteiger partial charge in [-0.15, -0.1) is 0 Å². The number of hydrogen-bond acceptors (Lipinski definition) is 3. The normalized spacial score (nSPS) is 12.8. The molecule has 0 aliphatic heterocycles. The van der Waals surface area contributed by atoms with E-state index in [-0.39, 0.29) is 5.56 Å². The van der Waals surface area contributed by atoms with Crippen LogP contribution in [-0.2, 0) is 10.9 Å². The lowest BCUT2D eigenvalue weighted by Gasteiger charge is -2.16. The molecule has 28 heavy (non-hydrogen) atoms. The number of halogens is 7. The largest absolute Gasteiger partial charge is 0.451 e. The molecule has 0 aliphatic rings. The van der Waals surface area contributed by atoms with Crippen molar-refractivity contribution < 1.29 is 35.9 Å². The number of benzene rings is 2. The maximum absolute atomic E-state index is 13.4. The van der Waals surface area contributed by atoms with Crippen molar-refractivity contribution in [2.75, 3.05) is 0 Å². The van der Waals surface area contributed by atoms with Crippen LogP contribution in [0.5, 0.6) is 0 Å². The van der Waals surface area contributed by atoms with E-state index in [1.807, 2.05) is 0 Å². The van der Waals surface area contributed by atoms with Crippen LogP contribution in [0.15, 0.2) is 58.8 Å². The van der Waals surface area contributed by atoms with Gasteiger partial charge in [-0.2, -0.15) is 31.6 Å². The number of rotatable bonds is 3. The highest BCUT2D eigenvalue weighted by atomic mass is 79.9. The first-order chi connectivity index (χ1) is 12.9. The average molecular weight is 464 g/mol. The minimum atomic E-state index is -5.30. The maximum Gasteiger partial charge on any atom is 0.451 e. The summed E-state index contributed by atoms with van der Waals surface area (Å²) in [6, 6.07) is 9.55. The summed E-state index contributed by atoms with van der Waals surface area (Å²) in [6.07, 6.45) is -10.3. The molecule has 0 amide bonds. The van der Waals surface area contributed by atoms with Crippen molar-refractivity contribution in [3.8, 4) is 6.07 Å². The Bertz CT molecular complexity index is 956. The molecule has 2 rings (SSSR count). The van der Waals surface area contributed by atoms with Gasteiger partial charge >= 0.3 is 18.3 Å². The molecule has 0 aliphatic carbocycles. The van der Waals surface area contributed by atoms with Crippen LogP contribution in [0.1, 0.15) is 21.5 Å². The first-order valence-electron chi connectivity index (χ1n) is 7.31. The third kappa shape index (κ3) is 4.92. The summed E-state index contributed by atoms with van der Waals surface area (Å²) in [4.78, 5) is 12.1. The Balaban J connectivity index is 2.57. The Morgan fingerprint density at radius 2 is 1.54 bits per heavy atom. The van der Waals surface area contributed by atoms with E-state index in [4.69, 9.17) is 5.26 Å². The number of carbonyl (C=O) groups is 1. The number of nitriles is 1. The number of allylic oxidation sites excluding steroid dienone is 2. The molecule has 0 atom stereocenters. The molecular formula is C18H8BrF6NO2. The quantitative estimate of drug-likeness (QED) is 0.238. The summed E-state index contributed by atoms with van der Waals surface area (Å²) in [5, 5.41) is 9.16. The highest BCUT2D eigenvalue weighted by Gasteiger charge is 2.42. The van der Waals surface area contributed by atoms with Crippen molar-refractivity contribution in [3.05, 3.63) is 75.5 Å². The number of nitrogens with zero attached hydrogens (tertiary/aromatic N) is 1. The van der Waals surface area contributed by atoms with Crippen LogP contribution in [0.25, 0.3) is 5.57 Å². The van der Waals surface area contributed by atoms with Crippen molar-refractivity contribution in [1.82, 2.24) is 0 Å². The monoisotopic (exact) mass is 463 g/mol. The van der Waals surface area contributed by atoms with Gasteiger partial charge in [-0.3, -0.25) is 0 Å². The maximum atomic E-state index is 13.4. The van der Waals surface area contributed by atoms with Crippen LogP contribution in [0.3, 0.4) is 0 Å². The Kier molecular flexibility index (Phi) is 6.19. The molecular weight excluding hydrogens is 456 g/mol. The van der Waals surface area contributed by atoms with Crippen LogP contribution in [0.4, 0.5) is 26.3 Å². The fourth-order valence-corrected chi connectivity index (χ4v) is 2.43. The van der Waals surface area contributed by atoms with E-state index >= 15 is 0 Å². The van der Waals surface area contributed by atoms with E-state index in [0.29, 0.717) is 16.6 Å². The van der Waals surface area contributed by atoms with E-state index < -0.39 is 40.8 Å². The lowest BCUT2D eigenvalue weighted by molar-refractivity contribution is -0.138. The smallest absolute Gasteiger partial charge is 0.416 e. The number of carbonyl (C=O) groups excluding carboxylic acids is 1. The summed E-state index contributed by atoms with van der Waals surface area (Å²) in [5.74, 6) is -3.88. The molecule has 0 spiro atoms. The zero-order valence-corrected chi connectivity index (χ0v) is 15.1. The predicted molar refractivity (Wildman–Crippen MR) is 89.6 cm³/mol. The molecule has 0 fully saturated rings. The van der Waals surface area contributed by atoms with Gasteiger partial charge < -0.3 is 4.74 Å². The Morgan fingerprint density at radius 3 is 2.04 bits per heavy atom. The molecule has 2 aromatic carbocycles. The van der Waals surface area contributed by atoms with E-state index in [1.165, 1.54) is 18.2 Å². The van der Waals surface area contributed by atoms with E-state index in [2.05, 4.69) is 20.7 Å². The lowest BCUT2D eigenvalue weighted by atomic mass is 10.1. The molecule has 0 unspecified atom stereocenters. The molecule has 3 nitrogen and oxygen atoms in total. The second kappa shape index (κ2) is 8.06. The molecule has 0 bridgehead atoms. The van der Waals surface area contributed by atoms with Gasteiger partial charge in [0.15, 0.2) is 0 Å². The molecule has 0 heterocycles. The van der Waals surface area contributed by atoms with Gasteiger partial charge in [-0.1, -0.05) is 40.2 Å². The van der Waals surface area contributed by atoms with Crippen LogP contribution < -0.4 is 0 Å². The zero-order valence-electron chi connectivity index (χ0n) is 13.5. The second-order valence-corrected chi connectivity index (χ2v) is 6.17. The van der Waals surface area contributed by atoms with Crippen molar-refractivity contribution >= 4 is 27.5 Å². The van der Waals surface area contributed by atoms with Gasteiger partial charge in [-0.05, 0) is 29.8 Å². The second-order valence-electron chi connectivity index (χ2n) is 5.25. The highest BCUT2D eigenvalue weighted by molar-refractivity contribution is 9.10. The van der Waals surface area contributed by atoms with Crippen molar-refractivity contribution in [2.24, 2.45) is 0 Å². The van der Waals surface area contributed by atoms with Gasteiger partial charge in [0.05, 0.1) is 11.1 Å². The Hall–Kier alpha value is -2.80. The zero-order chi connectivity index (χ0) is 21.1. The number of esters is 1. The van der Waals surface area contributed by atoms with E-state index in [0.717, 1.165) is 24.3 Å². The van der Waals surface area contributed by atoms with Gasteiger partial charge in [0.25, 0.3) is 0 Å². The highest BCUT2D eigenvalue weighted by Crippen LogP contribution is 2.36. The predicted octanol–water partition coefficient (Wildman–Crippen LogP) is 6.12. The molecule has 2 aromatic rings. The van der Waals surface area contributed by atoms with Crippen LogP contribution in [0.2, 0.25) is 0 Å². The summed E-state index contributed by atoms with van der Waals surface area (Å²) >= 11 is 3.08. The van der Waals surface area contributed by atoms with Crippen molar-refractivity contribution in [1.29, 1.82) is 5.26 Å². The fourth-order valence-electron chi connectivity index (χ4n) is 2.17. The number of hydrogen-bond donors (Lipinski definition) is 0. The van der Waals surface area contributed by atoms with Crippen molar-refractivity contribution in [2.45, 2.75) is 12.4 Å². The fraction of sp³-hybridized carbons (Fsp3) is 0.111. The molecule has 0 aromatic heterocycles. The SMILES string of the molecule is N#CC(=C(OC(=O)c1ccccc1C(F)(F)F)C(F)(F)F)c1ccc(Br)cc1. The molecule has 0 saturated heterocycles. The third-order valence-electron chi connectivity index (χ3n) is 3.38. The van der Waals surface area contributed by atoms with Crippen LogP contribution >= 0.6 is 15.9 Å². The van der Waals surface area contributed by atoms with Gasteiger partial charge in [0.2, 0.25) is 5.76 Å². The summed E-state index contributed by atoms with van der Waals surface area (Å²) in [5.41, 5.74) is -3.83. The Morgan fingerprint density at radius 1 is 0.964 bits per heavy atom. The third-order valence-corrected chi connectivity index (χ3v) is 3.91. The Labute approximate surface area is 163 Å². The minimum absolute atomic E-state index is 0.227. The molecule has 10 heteroatoms. The van der Waals surface area contributed by atoms with Gasteiger partial charge in [-0.25, -0.2) is 4.79 Å². The topological polar surface area (TPSA) is 50.1 Å². The first-order valence-corrected chi connectivity index (χ1v) is 8.10. The van der Waals surface area contributed by atoms with E-state index in [1.54, 1.807) is 0 Å². The molecule has 0 N–H and O–H groups in total. The molecule has 0 radical (unpaired) electrons. The first kappa shape index (κ1) is 21.5. The van der Waals surface area contributed by atoms with E-state index in [9.17, 15) is 31.1 Å². The number of ether oxygens (including phenoxy) is 1. The standard InChI is InChI=1S/C18H8BrF6NO2/c19-11-7-5-10(6-8-11)13(9-26)15(18(23,24)25)28-16(27)12-3-1-2-4-14(12)17(20,21)22/h1-8H. The van der Waals surface area contributed by atoms with Crippen LogP contribution in [0, 0.1) is 11.3 Å².